The number of thiophene rings is 1. The summed E-state index contributed by atoms with van der Waals surface area (Å²) in [6, 6.07) is 0. The zero-order valence-electron chi connectivity index (χ0n) is 8.93. The molecule has 0 fully saturated rings. The minimum Gasteiger partial charge on any atom is -0.311 e. The van der Waals surface area contributed by atoms with Crippen LogP contribution in [-0.4, -0.2) is 28.0 Å². The highest BCUT2D eigenvalue weighted by atomic mass is 32.2. The third kappa shape index (κ3) is 2.84. The third-order valence-corrected chi connectivity index (χ3v) is 5.22. The lowest BCUT2D eigenvalue weighted by Gasteiger charge is -2.08. The van der Waals surface area contributed by atoms with E-state index in [9.17, 15) is 26.9 Å². The molecule has 1 rings (SSSR count). The van der Waals surface area contributed by atoms with Gasteiger partial charge in [0.15, 0.2) is 14.7 Å². The lowest BCUT2D eigenvalue weighted by atomic mass is 10.3. The summed E-state index contributed by atoms with van der Waals surface area (Å²) >= 11 is 0.453. The summed E-state index contributed by atoms with van der Waals surface area (Å²) in [4.78, 5) is 8.85. The Morgan fingerprint density at radius 2 is 1.89 bits per heavy atom. The molecule has 9 nitrogen and oxygen atoms in total. The van der Waals surface area contributed by atoms with Crippen LogP contribution >= 0.6 is 11.3 Å². The first-order chi connectivity index (χ1) is 7.96. The van der Waals surface area contributed by atoms with Gasteiger partial charge in [0, 0.05) is 17.2 Å². The molecule has 0 spiro atoms. The highest BCUT2D eigenvalue weighted by molar-refractivity contribution is 7.91. The van der Waals surface area contributed by atoms with Gasteiger partial charge in [-0.15, -0.1) is 0 Å². The smallest absolute Gasteiger partial charge is 0.311 e. The van der Waals surface area contributed by atoms with Crippen molar-refractivity contribution >= 4 is 36.2 Å². The predicted octanol–water partition coefficient (Wildman–Crippen LogP) is -0.694. The van der Waals surface area contributed by atoms with Gasteiger partial charge in [-0.2, -0.15) is 0 Å². The molecule has 4 N–H and O–H groups in total. The number of hydrogen-bond donors (Lipinski definition) is 2. The minimum atomic E-state index is -4.45. The second-order valence-electron chi connectivity index (χ2n) is 3.38. The van der Waals surface area contributed by atoms with Crippen molar-refractivity contribution in [3.8, 4) is 0 Å². The molecule has 1 aromatic rings. The van der Waals surface area contributed by atoms with E-state index in [4.69, 9.17) is 10.9 Å². The third-order valence-electron chi connectivity index (χ3n) is 1.97. The number of primary sulfonamides is 1. The molecule has 0 saturated heterocycles. The van der Waals surface area contributed by atoms with E-state index in [1.54, 1.807) is 0 Å². The molecule has 1 aromatic heterocycles. The zero-order valence-corrected chi connectivity index (χ0v) is 11.4. The van der Waals surface area contributed by atoms with Crippen LogP contribution in [0.15, 0.2) is 10.3 Å². The number of nitrogens with two attached hydrogens (primary N) is 2. The molecule has 0 aliphatic heterocycles. The molecule has 18 heavy (non-hydrogen) atoms. The molecule has 1 atom stereocenters. The molecule has 0 aliphatic rings. The monoisotopic (exact) mass is 315 g/mol. The highest BCUT2D eigenvalue weighted by Gasteiger charge is 2.34. The summed E-state index contributed by atoms with van der Waals surface area (Å²) in [6.07, 6.45) is 0.786. The largest absolute Gasteiger partial charge is 0.344 e. The fraction of sp³-hybridized carbons (Fsp3) is 0.333. The van der Waals surface area contributed by atoms with Gasteiger partial charge in [0.25, 0.3) is 0 Å². The molecule has 0 aliphatic carbocycles. The second kappa shape index (κ2) is 4.55. The lowest BCUT2D eigenvalue weighted by molar-refractivity contribution is -0.383. The van der Waals surface area contributed by atoms with Crippen LogP contribution in [0.2, 0.25) is 0 Å². The van der Waals surface area contributed by atoms with E-state index in [1.165, 1.54) is 0 Å². The van der Waals surface area contributed by atoms with Crippen molar-refractivity contribution in [1.82, 2.24) is 0 Å². The fourth-order valence-electron chi connectivity index (χ4n) is 1.19. The Morgan fingerprint density at radius 1 is 1.39 bits per heavy atom. The quantitative estimate of drug-likeness (QED) is 0.548. The number of sulfone groups is 1. The Balaban J connectivity index is 3.64. The van der Waals surface area contributed by atoms with Crippen LogP contribution in [0, 0.1) is 10.1 Å². The van der Waals surface area contributed by atoms with Gasteiger partial charge in [0.05, 0.1) is 4.92 Å². The number of nitro groups is 1. The molecule has 1 unspecified atom stereocenters. The predicted molar refractivity (Wildman–Crippen MR) is 64.1 cm³/mol. The van der Waals surface area contributed by atoms with Crippen LogP contribution in [0.4, 0.5) is 5.00 Å². The maximum atomic E-state index is 11.3. The zero-order chi connectivity index (χ0) is 14.3. The van der Waals surface area contributed by atoms with E-state index in [0.29, 0.717) is 11.3 Å². The normalized spacial score (nSPS) is 14.4. The molecule has 0 bridgehead atoms. The minimum absolute atomic E-state index is 0.392. The van der Waals surface area contributed by atoms with Crippen molar-refractivity contribution in [2.24, 2.45) is 10.9 Å². The average Bonchev–Trinajstić information content (AvgIpc) is 2.57. The molecule has 0 saturated carbocycles. The van der Waals surface area contributed by atoms with Crippen LogP contribution in [0.3, 0.4) is 0 Å². The molecular formula is C6H9N3O6S3. The number of hydrogen-bond acceptors (Lipinski definition) is 8. The van der Waals surface area contributed by atoms with E-state index in [0.717, 1.165) is 11.6 Å². The van der Waals surface area contributed by atoms with Crippen molar-refractivity contribution in [2.75, 3.05) is 6.26 Å². The first-order valence-corrected chi connectivity index (χ1v) is 8.57. The van der Waals surface area contributed by atoms with Crippen LogP contribution in [0.25, 0.3) is 0 Å². The van der Waals surface area contributed by atoms with Gasteiger partial charge < -0.3 is 5.73 Å². The summed E-state index contributed by atoms with van der Waals surface area (Å²) in [6.45, 7) is 0. The van der Waals surface area contributed by atoms with Gasteiger partial charge in [-0.05, 0) is 0 Å². The Labute approximate surface area is 107 Å². The van der Waals surface area contributed by atoms with Crippen LogP contribution in [0.1, 0.15) is 10.9 Å². The van der Waals surface area contributed by atoms with E-state index in [-0.39, 0.29) is 0 Å². The van der Waals surface area contributed by atoms with E-state index in [2.05, 4.69) is 0 Å². The summed E-state index contributed by atoms with van der Waals surface area (Å²) in [7, 11) is -8.26. The van der Waals surface area contributed by atoms with Gasteiger partial charge in [-0.3, -0.25) is 10.1 Å². The Morgan fingerprint density at radius 3 is 2.22 bits per heavy atom. The first kappa shape index (κ1) is 15.0. The topological polar surface area (TPSA) is 163 Å². The number of rotatable bonds is 4. The number of sulfonamides is 1. The number of nitrogens with zero attached hydrogens (tertiary/aromatic N) is 1. The van der Waals surface area contributed by atoms with Gasteiger partial charge >= 0.3 is 5.00 Å². The lowest BCUT2D eigenvalue weighted by Crippen LogP contribution is -2.24. The van der Waals surface area contributed by atoms with E-state index < -0.39 is 45.6 Å². The van der Waals surface area contributed by atoms with Crippen LogP contribution in [0.5, 0.6) is 0 Å². The SMILES string of the molecule is CS(=O)(=O)C(N)c1csc([N+](=O)[O-])c1S(N)(=O)=O. The Kier molecular flexibility index (Phi) is 3.78. The second-order valence-corrected chi connectivity index (χ2v) is 7.90. The first-order valence-electron chi connectivity index (χ1n) is 4.19. The average molecular weight is 315 g/mol. The van der Waals surface area contributed by atoms with Crippen molar-refractivity contribution in [3.05, 3.63) is 21.1 Å². The maximum absolute atomic E-state index is 11.3. The van der Waals surface area contributed by atoms with E-state index >= 15 is 0 Å². The van der Waals surface area contributed by atoms with Gasteiger partial charge in [0.2, 0.25) is 10.0 Å². The summed E-state index contributed by atoms with van der Waals surface area (Å²) in [5, 5.41) is 14.1. The molecular weight excluding hydrogens is 306 g/mol. The van der Waals surface area contributed by atoms with Gasteiger partial charge in [-0.1, -0.05) is 11.3 Å². The van der Waals surface area contributed by atoms with Crippen molar-refractivity contribution in [1.29, 1.82) is 0 Å². The molecule has 0 radical (unpaired) electrons. The highest BCUT2D eigenvalue weighted by Crippen LogP contribution is 2.37. The van der Waals surface area contributed by atoms with Gasteiger partial charge in [-0.25, -0.2) is 22.0 Å². The maximum Gasteiger partial charge on any atom is 0.344 e. The molecule has 102 valence electrons. The van der Waals surface area contributed by atoms with Gasteiger partial charge in [0.1, 0.15) is 5.37 Å². The Bertz CT molecular complexity index is 688. The van der Waals surface area contributed by atoms with E-state index in [1.807, 2.05) is 0 Å². The van der Waals surface area contributed by atoms with Crippen molar-refractivity contribution in [2.45, 2.75) is 10.3 Å². The molecule has 0 aromatic carbocycles. The molecule has 0 amide bonds. The Hall–Kier alpha value is -1.08. The van der Waals surface area contributed by atoms with Crippen molar-refractivity contribution < 1.29 is 21.8 Å². The van der Waals surface area contributed by atoms with Crippen LogP contribution in [-0.2, 0) is 19.9 Å². The van der Waals surface area contributed by atoms with Crippen molar-refractivity contribution in [3.63, 3.8) is 0 Å². The summed E-state index contributed by atoms with van der Waals surface area (Å²) in [5.74, 6) is 0. The van der Waals surface area contributed by atoms with Crippen LogP contribution < -0.4 is 10.9 Å². The summed E-state index contributed by atoms with van der Waals surface area (Å²) in [5.41, 5.74) is 4.97. The standard InChI is InChI=1S/C6H9N3O6S3/c1-17(12,13)5(7)3-2-16-6(9(10)11)4(3)18(8,14)15/h2,5H,7H2,1H3,(H2,8,14,15). The fourth-order valence-corrected chi connectivity index (χ4v) is 4.21. The summed E-state index contributed by atoms with van der Waals surface area (Å²) < 4.78 is 45.1. The molecule has 12 heteroatoms. The molecule has 1 heterocycles.